The van der Waals surface area contributed by atoms with Crippen LogP contribution in [-0.4, -0.2) is 30.7 Å². The Labute approximate surface area is 133 Å². The van der Waals surface area contributed by atoms with E-state index in [1.54, 1.807) is 18.9 Å². The van der Waals surface area contributed by atoms with E-state index in [2.05, 4.69) is 0 Å². The van der Waals surface area contributed by atoms with Crippen LogP contribution in [0, 0.1) is 0 Å². The van der Waals surface area contributed by atoms with Crippen molar-refractivity contribution in [3.8, 4) is 11.5 Å². The maximum atomic E-state index is 9.93. The molecule has 0 saturated heterocycles. The van der Waals surface area contributed by atoms with Crippen molar-refractivity contribution in [1.82, 2.24) is 0 Å². The molecule has 0 bridgehead atoms. The van der Waals surface area contributed by atoms with Crippen LogP contribution in [-0.2, 0) is 0 Å². The predicted octanol–water partition coefficient (Wildman–Crippen LogP) is 3.88. The van der Waals surface area contributed by atoms with Crippen molar-refractivity contribution in [3.05, 3.63) is 53.6 Å². The predicted molar refractivity (Wildman–Crippen MR) is 86.7 cm³/mol. The van der Waals surface area contributed by atoms with Crippen LogP contribution in [0.25, 0.3) is 0 Å². The molecule has 0 aromatic heterocycles. The van der Waals surface area contributed by atoms with Crippen LogP contribution >= 0.6 is 23.4 Å². The third-order valence-electron chi connectivity index (χ3n) is 2.76. The zero-order chi connectivity index (χ0) is 15.1. The van der Waals surface area contributed by atoms with Crippen LogP contribution in [0.1, 0.15) is 0 Å². The van der Waals surface area contributed by atoms with Gasteiger partial charge in [-0.1, -0.05) is 11.6 Å². The molecule has 0 radical (unpaired) electrons. The fourth-order valence-electron chi connectivity index (χ4n) is 1.64. The number of thioether (sulfide) groups is 1. The molecule has 112 valence electrons. The molecule has 5 heteroatoms. The minimum Gasteiger partial charge on any atom is -0.497 e. The highest BCUT2D eigenvalue weighted by molar-refractivity contribution is 7.99. The Bertz CT molecular complexity index is 542. The largest absolute Gasteiger partial charge is 0.497 e. The molecule has 1 N–H and O–H groups in total. The van der Waals surface area contributed by atoms with Crippen molar-refractivity contribution in [2.75, 3.05) is 19.5 Å². The third kappa shape index (κ3) is 5.50. The Morgan fingerprint density at radius 3 is 2.29 bits per heavy atom. The molecule has 0 aliphatic carbocycles. The first-order valence-electron chi connectivity index (χ1n) is 6.50. The fourth-order valence-corrected chi connectivity index (χ4v) is 2.57. The van der Waals surface area contributed by atoms with Gasteiger partial charge in [0, 0.05) is 15.7 Å². The van der Waals surface area contributed by atoms with Crippen molar-refractivity contribution in [2.45, 2.75) is 11.0 Å². The number of benzene rings is 2. The van der Waals surface area contributed by atoms with Crippen molar-refractivity contribution < 1.29 is 14.6 Å². The van der Waals surface area contributed by atoms with Gasteiger partial charge in [-0.05, 0) is 48.5 Å². The SMILES string of the molecule is COc1ccc(OC[C@H](O)CSc2ccc(Cl)cc2)cc1. The normalized spacial score (nSPS) is 12.0. The van der Waals surface area contributed by atoms with Gasteiger partial charge >= 0.3 is 0 Å². The molecule has 0 heterocycles. The Kier molecular flexibility index (Phi) is 6.23. The molecule has 0 aliphatic heterocycles. The number of hydrogen-bond donors (Lipinski definition) is 1. The van der Waals surface area contributed by atoms with E-state index in [0.717, 1.165) is 10.6 Å². The standard InChI is InChI=1S/C16H17ClO3S/c1-19-14-4-6-15(7-5-14)20-10-13(18)11-21-16-8-2-12(17)3-9-16/h2-9,13,18H,10-11H2,1H3/t13-/m0/s1. The number of aliphatic hydroxyl groups is 1. The maximum absolute atomic E-state index is 9.93. The Morgan fingerprint density at radius 1 is 1.05 bits per heavy atom. The number of halogens is 1. The van der Waals surface area contributed by atoms with Gasteiger partial charge in [0.15, 0.2) is 0 Å². The lowest BCUT2D eigenvalue weighted by molar-refractivity contribution is 0.126. The number of hydrogen-bond acceptors (Lipinski definition) is 4. The van der Waals surface area contributed by atoms with Gasteiger partial charge in [-0.3, -0.25) is 0 Å². The van der Waals surface area contributed by atoms with E-state index in [-0.39, 0.29) is 6.61 Å². The molecule has 2 rings (SSSR count). The van der Waals surface area contributed by atoms with E-state index in [4.69, 9.17) is 21.1 Å². The first kappa shape index (κ1) is 16.0. The molecular weight excluding hydrogens is 308 g/mol. The van der Waals surface area contributed by atoms with Gasteiger partial charge in [0.2, 0.25) is 0 Å². The zero-order valence-corrected chi connectivity index (χ0v) is 13.2. The monoisotopic (exact) mass is 324 g/mol. The summed E-state index contributed by atoms with van der Waals surface area (Å²) < 4.78 is 10.6. The summed E-state index contributed by atoms with van der Waals surface area (Å²) >= 11 is 7.40. The van der Waals surface area contributed by atoms with Gasteiger partial charge in [0.05, 0.1) is 13.2 Å². The lowest BCUT2D eigenvalue weighted by Crippen LogP contribution is -2.19. The summed E-state index contributed by atoms with van der Waals surface area (Å²) in [6.07, 6.45) is -0.534. The quantitative estimate of drug-likeness (QED) is 0.784. The molecule has 0 aliphatic rings. The van der Waals surface area contributed by atoms with Crippen molar-refractivity contribution in [2.24, 2.45) is 0 Å². The summed E-state index contributed by atoms with van der Waals surface area (Å²) in [4.78, 5) is 1.07. The summed E-state index contributed by atoms with van der Waals surface area (Å²) in [5, 5.41) is 10.6. The van der Waals surface area contributed by atoms with Crippen LogP contribution < -0.4 is 9.47 Å². The molecule has 3 nitrogen and oxygen atoms in total. The molecule has 0 fully saturated rings. The third-order valence-corrected chi connectivity index (χ3v) is 4.17. The molecule has 2 aromatic carbocycles. The fraction of sp³-hybridized carbons (Fsp3) is 0.250. The average Bonchev–Trinajstić information content (AvgIpc) is 2.53. The Balaban J connectivity index is 1.73. The van der Waals surface area contributed by atoms with E-state index in [1.807, 2.05) is 48.5 Å². The second kappa shape index (κ2) is 8.17. The number of ether oxygens (including phenoxy) is 2. The van der Waals surface area contributed by atoms with Gasteiger partial charge < -0.3 is 14.6 Å². The lowest BCUT2D eigenvalue weighted by Gasteiger charge is -2.12. The molecular formula is C16H17ClO3S. The second-order valence-electron chi connectivity index (χ2n) is 4.41. The highest BCUT2D eigenvalue weighted by atomic mass is 35.5. The van der Waals surface area contributed by atoms with Crippen molar-refractivity contribution in [1.29, 1.82) is 0 Å². The first-order valence-corrected chi connectivity index (χ1v) is 7.87. The Hall–Kier alpha value is -1.36. The van der Waals surface area contributed by atoms with E-state index >= 15 is 0 Å². The summed E-state index contributed by atoms with van der Waals surface area (Å²) in [5.41, 5.74) is 0. The lowest BCUT2D eigenvalue weighted by atomic mass is 10.3. The van der Waals surface area contributed by atoms with Crippen LogP contribution in [0.3, 0.4) is 0 Å². The summed E-state index contributed by atoms with van der Waals surface area (Å²) in [5.74, 6) is 2.06. The van der Waals surface area contributed by atoms with E-state index in [0.29, 0.717) is 16.5 Å². The van der Waals surface area contributed by atoms with Crippen LogP contribution in [0.15, 0.2) is 53.4 Å². The van der Waals surface area contributed by atoms with E-state index in [9.17, 15) is 5.11 Å². The topological polar surface area (TPSA) is 38.7 Å². The van der Waals surface area contributed by atoms with Gasteiger partial charge in [0.1, 0.15) is 18.1 Å². The molecule has 0 amide bonds. The number of methoxy groups -OCH3 is 1. The average molecular weight is 325 g/mol. The van der Waals surface area contributed by atoms with Crippen molar-refractivity contribution in [3.63, 3.8) is 0 Å². The van der Waals surface area contributed by atoms with Crippen LogP contribution in [0.4, 0.5) is 0 Å². The number of aliphatic hydroxyl groups excluding tert-OH is 1. The van der Waals surface area contributed by atoms with Crippen LogP contribution in [0.2, 0.25) is 5.02 Å². The van der Waals surface area contributed by atoms with E-state index in [1.165, 1.54) is 0 Å². The molecule has 0 spiro atoms. The first-order chi connectivity index (χ1) is 10.2. The number of rotatable bonds is 7. The molecule has 0 unspecified atom stereocenters. The molecule has 0 saturated carbocycles. The highest BCUT2D eigenvalue weighted by Crippen LogP contribution is 2.22. The van der Waals surface area contributed by atoms with Gasteiger partial charge in [-0.25, -0.2) is 0 Å². The summed E-state index contributed by atoms with van der Waals surface area (Å²) in [7, 11) is 1.62. The van der Waals surface area contributed by atoms with Gasteiger partial charge in [-0.2, -0.15) is 0 Å². The zero-order valence-electron chi connectivity index (χ0n) is 11.7. The minimum atomic E-state index is -0.534. The summed E-state index contributed by atoms with van der Waals surface area (Å²) in [6.45, 7) is 0.257. The van der Waals surface area contributed by atoms with Gasteiger partial charge in [0.25, 0.3) is 0 Å². The second-order valence-corrected chi connectivity index (χ2v) is 5.94. The highest BCUT2D eigenvalue weighted by Gasteiger charge is 2.06. The van der Waals surface area contributed by atoms with Gasteiger partial charge in [-0.15, -0.1) is 11.8 Å². The smallest absolute Gasteiger partial charge is 0.119 e. The maximum Gasteiger partial charge on any atom is 0.119 e. The minimum absolute atomic E-state index is 0.257. The Morgan fingerprint density at radius 2 is 1.67 bits per heavy atom. The van der Waals surface area contributed by atoms with Crippen molar-refractivity contribution >= 4 is 23.4 Å². The molecule has 2 aromatic rings. The van der Waals surface area contributed by atoms with E-state index < -0.39 is 6.10 Å². The summed E-state index contributed by atoms with van der Waals surface area (Å²) in [6, 6.07) is 14.8. The van der Waals surface area contributed by atoms with Crippen LogP contribution in [0.5, 0.6) is 11.5 Å². The molecule has 21 heavy (non-hydrogen) atoms. The molecule has 1 atom stereocenters.